The van der Waals surface area contributed by atoms with Crippen LogP contribution < -0.4 is 15.0 Å². The van der Waals surface area contributed by atoms with Crippen molar-refractivity contribution in [3.05, 3.63) is 66.6 Å². The Labute approximate surface area is 236 Å². The lowest BCUT2D eigenvalue weighted by molar-refractivity contribution is 0.0662. The van der Waals surface area contributed by atoms with Gasteiger partial charge in [-0.25, -0.2) is 18.7 Å². The molecule has 0 saturated carbocycles. The van der Waals surface area contributed by atoms with Gasteiger partial charge in [0.2, 0.25) is 0 Å². The molecule has 0 bridgehead atoms. The molecule has 6 rings (SSSR count). The molecule has 5 heterocycles. The van der Waals surface area contributed by atoms with Gasteiger partial charge in [-0.3, -0.25) is 4.68 Å². The molecule has 2 saturated heterocycles. The minimum absolute atomic E-state index is 0.0519. The van der Waals surface area contributed by atoms with E-state index in [1.54, 1.807) is 12.3 Å². The van der Waals surface area contributed by atoms with E-state index in [4.69, 9.17) is 9.47 Å². The molecule has 0 spiro atoms. The largest absolute Gasteiger partial charge is 0.496 e. The fourth-order valence-electron chi connectivity index (χ4n) is 5.52. The van der Waals surface area contributed by atoms with E-state index in [2.05, 4.69) is 25.3 Å². The first-order valence-electron chi connectivity index (χ1n) is 13.8. The molecule has 0 radical (unpaired) electrons. The first-order chi connectivity index (χ1) is 20.0. The van der Waals surface area contributed by atoms with E-state index >= 15 is 0 Å². The number of nitrogens with one attached hydrogen (secondary N) is 1. The van der Waals surface area contributed by atoms with Gasteiger partial charge in [0.25, 0.3) is 0 Å². The molecule has 0 unspecified atom stereocenters. The highest BCUT2D eigenvalue weighted by molar-refractivity contribution is 5.80. The summed E-state index contributed by atoms with van der Waals surface area (Å²) in [6.07, 6.45) is 8.68. The molecule has 9 nitrogen and oxygen atoms in total. The topological polar surface area (TPSA) is 97.6 Å². The second kappa shape index (κ2) is 11.8. The Bertz CT molecular complexity index is 1520. The number of pyridine rings is 2. The molecule has 214 valence electrons. The maximum atomic E-state index is 14.8. The van der Waals surface area contributed by atoms with E-state index in [0.29, 0.717) is 24.2 Å². The van der Waals surface area contributed by atoms with Crippen molar-refractivity contribution in [1.82, 2.24) is 19.7 Å². The third-order valence-electron chi connectivity index (χ3n) is 7.63. The van der Waals surface area contributed by atoms with Gasteiger partial charge < -0.3 is 24.8 Å². The van der Waals surface area contributed by atoms with Gasteiger partial charge in [-0.2, -0.15) is 5.10 Å². The zero-order valence-corrected chi connectivity index (χ0v) is 22.8. The van der Waals surface area contributed by atoms with Gasteiger partial charge in [-0.1, -0.05) is 6.07 Å². The number of aliphatic hydroxyl groups excluding tert-OH is 1. The molecule has 3 aromatic heterocycles. The third kappa shape index (κ3) is 5.73. The van der Waals surface area contributed by atoms with Gasteiger partial charge in [0.15, 0.2) is 0 Å². The number of methoxy groups -OCH3 is 1. The maximum Gasteiger partial charge on any atom is 0.149 e. The minimum Gasteiger partial charge on any atom is -0.496 e. The highest BCUT2D eigenvalue weighted by atomic mass is 19.1. The van der Waals surface area contributed by atoms with E-state index in [-0.39, 0.29) is 17.0 Å². The molecule has 0 aliphatic carbocycles. The Balaban J connectivity index is 1.34. The van der Waals surface area contributed by atoms with Gasteiger partial charge in [-0.15, -0.1) is 0 Å². The summed E-state index contributed by atoms with van der Waals surface area (Å²) >= 11 is 0. The number of rotatable bonds is 7. The smallest absolute Gasteiger partial charge is 0.149 e. The van der Waals surface area contributed by atoms with Crippen LogP contribution in [-0.2, 0) is 4.74 Å². The summed E-state index contributed by atoms with van der Waals surface area (Å²) in [4.78, 5) is 11.2. The van der Waals surface area contributed by atoms with Crippen molar-refractivity contribution < 1.29 is 23.4 Å². The number of anilines is 3. The number of benzene rings is 1. The Morgan fingerprint density at radius 1 is 1.05 bits per heavy atom. The van der Waals surface area contributed by atoms with Crippen molar-refractivity contribution in [3.8, 4) is 28.1 Å². The molecule has 0 amide bonds. The van der Waals surface area contributed by atoms with Gasteiger partial charge in [0, 0.05) is 55.9 Å². The van der Waals surface area contributed by atoms with Crippen LogP contribution in [0.5, 0.6) is 5.75 Å². The number of ether oxygens (including phenoxy) is 2. The molecular weight excluding hydrogens is 530 g/mol. The highest BCUT2D eigenvalue weighted by Gasteiger charge is 2.24. The molecule has 2 N–H and O–H groups in total. The average molecular weight is 563 g/mol. The average Bonchev–Trinajstić information content (AvgIpc) is 3.49. The third-order valence-corrected chi connectivity index (χ3v) is 7.63. The number of halogens is 2. The number of nitrogens with zero attached hydrogens (tertiary/aromatic N) is 5. The fourth-order valence-corrected chi connectivity index (χ4v) is 5.52. The van der Waals surface area contributed by atoms with Gasteiger partial charge in [0.1, 0.15) is 34.7 Å². The van der Waals surface area contributed by atoms with E-state index in [1.807, 2.05) is 23.1 Å². The first-order valence-corrected chi connectivity index (χ1v) is 13.8. The second-order valence-electron chi connectivity index (χ2n) is 10.4. The van der Waals surface area contributed by atoms with Crippen LogP contribution in [0.3, 0.4) is 0 Å². The lowest BCUT2D eigenvalue weighted by Crippen LogP contribution is -2.38. The van der Waals surface area contributed by atoms with Crippen molar-refractivity contribution in [2.24, 2.45) is 0 Å². The summed E-state index contributed by atoms with van der Waals surface area (Å²) in [5.74, 6) is -0.354. The highest BCUT2D eigenvalue weighted by Crippen LogP contribution is 2.37. The molecule has 2 aliphatic rings. The minimum atomic E-state index is -0.674. The molecule has 11 heteroatoms. The Morgan fingerprint density at radius 2 is 1.90 bits per heavy atom. The summed E-state index contributed by atoms with van der Waals surface area (Å²) in [5.41, 5.74) is 2.50. The Hall–Kier alpha value is -4.09. The normalized spacial score (nSPS) is 18.0. The van der Waals surface area contributed by atoms with E-state index < -0.39 is 17.7 Å². The molecule has 4 aromatic rings. The van der Waals surface area contributed by atoms with Gasteiger partial charge in [-0.05, 0) is 49.9 Å². The van der Waals surface area contributed by atoms with Crippen molar-refractivity contribution in [2.45, 2.75) is 37.8 Å². The quantitative estimate of drug-likeness (QED) is 0.311. The predicted molar refractivity (Wildman–Crippen MR) is 151 cm³/mol. The summed E-state index contributed by atoms with van der Waals surface area (Å²) in [6, 6.07) is 9.19. The van der Waals surface area contributed by atoms with Crippen molar-refractivity contribution in [3.63, 3.8) is 0 Å². The fraction of sp³-hybridized carbons (Fsp3) is 0.367. The van der Waals surface area contributed by atoms with Crippen LogP contribution in [0, 0.1) is 11.6 Å². The number of piperidine rings is 1. The number of aliphatic hydroxyl groups is 1. The molecule has 2 fully saturated rings. The summed E-state index contributed by atoms with van der Waals surface area (Å²) in [7, 11) is 1.40. The van der Waals surface area contributed by atoms with Gasteiger partial charge in [0.05, 0.1) is 36.7 Å². The zero-order valence-electron chi connectivity index (χ0n) is 22.8. The summed E-state index contributed by atoms with van der Waals surface area (Å²) in [5, 5.41) is 18.2. The van der Waals surface area contributed by atoms with E-state index in [0.717, 1.165) is 62.3 Å². The predicted octanol–water partition coefficient (Wildman–Crippen LogP) is 5.35. The number of hydrogen-bond donors (Lipinski definition) is 2. The van der Waals surface area contributed by atoms with E-state index in [1.165, 1.54) is 31.4 Å². The van der Waals surface area contributed by atoms with Gasteiger partial charge >= 0.3 is 0 Å². The zero-order chi connectivity index (χ0) is 28.3. The Kier molecular flexibility index (Phi) is 7.80. The SMILES string of the molecule is COc1cccc(F)c1-c1nc(Nc2cc(N3CCC[C@H](O)C3)c(-c3cnn(C4CCOCC4)c3)cn2)ccc1F. The summed E-state index contributed by atoms with van der Waals surface area (Å²) in [6.45, 7) is 2.73. The van der Waals surface area contributed by atoms with E-state index in [9.17, 15) is 13.9 Å². The maximum absolute atomic E-state index is 14.8. The van der Waals surface area contributed by atoms with Crippen LogP contribution >= 0.6 is 0 Å². The molecule has 41 heavy (non-hydrogen) atoms. The lowest BCUT2D eigenvalue weighted by Gasteiger charge is -2.33. The lowest BCUT2D eigenvalue weighted by atomic mass is 10.0. The van der Waals surface area contributed by atoms with Crippen LogP contribution in [0.15, 0.2) is 55.0 Å². The number of β-amino-alcohol motifs (C(OH)–C–C–N with tert-alkyl or cyclic N) is 1. The Morgan fingerprint density at radius 3 is 2.71 bits per heavy atom. The van der Waals surface area contributed by atoms with Crippen molar-refractivity contribution >= 4 is 17.3 Å². The molecule has 1 atom stereocenters. The number of aromatic nitrogens is 4. The van der Waals surface area contributed by atoms with Crippen LogP contribution in [0.1, 0.15) is 31.7 Å². The molecule has 2 aliphatic heterocycles. The van der Waals surface area contributed by atoms with Crippen LogP contribution in [-0.4, -0.2) is 64.4 Å². The van der Waals surface area contributed by atoms with Crippen LogP contribution in [0.25, 0.3) is 22.4 Å². The van der Waals surface area contributed by atoms with Crippen LogP contribution in [0.2, 0.25) is 0 Å². The van der Waals surface area contributed by atoms with Crippen molar-refractivity contribution in [2.75, 3.05) is 43.6 Å². The molecule has 1 aromatic carbocycles. The standard InChI is InChI=1S/C30H32F2N6O3/c1-40-26-6-2-5-23(31)29(26)30-24(32)7-8-27(36-30)35-28-14-25(37-11-3-4-21(39)18-37)22(16-33-28)19-15-34-38(17-19)20-9-12-41-13-10-20/h2,5-8,14-17,20-21,39H,3-4,9-13,18H2,1H3,(H,33,35,36)/t21-/m0/s1. The first kappa shape index (κ1) is 27.1. The van der Waals surface area contributed by atoms with Crippen molar-refractivity contribution in [1.29, 1.82) is 0 Å². The number of hydrogen-bond acceptors (Lipinski definition) is 8. The summed E-state index contributed by atoms with van der Waals surface area (Å²) < 4.78 is 42.3. The second-order valence-corrected chi connectivity index (χ2v) is 10.4. The molecular formula is C30H32F2N6O3. The van der Waals surface area contributed by atoms with Crippen LogP contribution in [0.4, 0.5) is 26.1 Å². The monoisotopic (exact) mass is 562 g/mol.